The van der Waals surface area contributed by atoms with Gasteiger partial charge in [0, 0.05) is 43.3 Å². The Morgan fingerprint density at radius 2 is 1.84 bits per heavy atom. The number of nitrogens with zero attached hydrogens (tertiary/aromatic N) is 6. The van der Waals surface area contributed by atoms with Crippen molar-refractivity contribution in [3.8, 4) is 0 Å². The van der Waals surface area contributed by atoms with Crippen molar-refractivity contribution in [1.29, 1.82) is 0 Å². The fraction of sp³-hybridized carbons (Fsp3) is 0.364. The molecule has 0 spiro atoms. The second kappa shape index (κ2) is 7.58. The first-order chi connectivity index (χ1) is 14.9. The zero-order valence-corrected chi connectivity index (χ0v) is 19.0. The Kier molecular flexibility index (Phi) is 4.86. The number of nitrogens with one attached hydrogen (secondary N) is 1. The molecule has 0 atom stereocenters. The van der Waals surface area contributed by atoms with E-state index in [4.69, 9.17) is 4.98 Å². The Morgan fingerprint density at radius 1 is 1.06 bits per heavy atom. The molecule has 1 N–H and O–H groups in total. The molecule has 4 heterocycles. The first-order valence-electron chi connectivity index (χ1n) is 10.4. The van der Waals surface area contributed by atoms with Crippen molar-refractivity contribution in [2.75, 3.05) is 43.4 Å². The summed E-state index contributed by atoms with van der Waals surface area (Å²) in [6.07, 6.45) is 0. The van der Waals surface area contributed by atoms with Crippen molar-refractivity contribution in [1.82, 2.24) is 24.5 Å². The van der Waals surface area contributed by atoms with Crippen molar-refractivity contribution in [2.45, 2.75) is 20.8 Å². The summed E-state index contributed by atoms with van der Waals surface area (Å²) in [5.74, 6) is -0.201. The number of anilines is 2. The summed E-state index contributed by atoms with van der Waals surface area (Å²) in [5, 5.41) is 8.57. The predicted octanol–water partition coefficient (Wildman–Crippen LogP) is 3.27. The fourth-order valence-corrected chi connectivity index (χ4v) is 5.07. The highest BCUT2D eigenvalue weighted by Crippen LogP contribution is 2.31. The van der Waals surface area contributed by atoms with Crippen LogP contribution in [-0.2, 0) is 0 Å². The van der Waals surface area contributed by atoms with Crippen molar-refractivity contribution in [3.63, 3.8) is 0 Å². The van der Waals surface area contributed by atoms with Gasteiger partial charge in [0.25, 0.3) is 5.91 Å². The number of fused-ring (bicyclic) bond motifs is 2. The Balaban J connectivity index is 1.42. The number of benzene rings is 1. The van der Waals surface area contributed by atoms with Crippen LogP contribution in [0, 0.1) is 20.8 Å². The van der Waals surface area contributed by atoms with E-state index in [1.807, 2.05) is 45.0 Å². The Morgan fingerprint density at radius 3 is 2.61 bits per heavy atom. The third-order valence-corrected chi connectivity index (χ3v) is 6.78. The van der Waals surface area contributed by atoms with Gasteiger partial charge < -0.3 is 15.1 Å². The van der Waals surface area contributed by atoms with Crippen LogP contribution in [0.5, 0.6) is 0 Å². The Labute approximate surface area is 184 Å². The van der Waals surface area contributed by atoms with Gasteiger partial charge in [-0.1, -0.05) is 11.3 Å². The minimum atomic E-state index is -0.201. The minimum Gasteiger partial charge on any atom is -0.345 e. The average Bonchev–Trinajstić information content (AvgIpc) is 3.29. The fourth-order valence-electron chi connectivity index (χ4n) is 4.01. The molecule has 1 fully saturated rings. The Bertz CT molecular complexity index is 1300. The molecule has 8 nitrogen and oxygen atoms in total. The molecule has 9 heteroatoms. The number of carbonyl (C=O) groups is 1. The van der Waals surface area contributed by atoms with Crippen LogP contribution in [0.25, 0.3) is 15.9 Å². The van der Waals surface area contributed by atoms with Crippen LogP contribution in [0.15, 0.2) is 24.3 Å². The number of hydrogen-bond acceptors (Lipinski definition) is 7. The maximum absolute atomic E-state index is 13.1. The SMILES string of the molecule is Cc1cc(C)n2nc(C)c(C(=O)Nc3ccc4nc(N5CCN(C)CC5)sc4c3)c2n1. The van der Waals surface area contributed by atoms with Gasteiger partial charge in [0.2, 0.25) is 0 Å². The quantitative estimate of drug-likeness (QED) is 0.532. The van der Waals surface area contributed by atoms with Gasteiger partial charge in [-0.2, -0.15) is 5.10 Å². The molecule has 1 aliphatic rings. The number of aromatic nitrogens is 4. The summed E-state index contributed by atoms with van der Waals surface area (Å²) in [6.45, 7) is 9.79. The van der Waals surface area contributed by atoms with Gasteiger partial charge in [-0.05, 0) is 52.1 Å². The summed E-state index contributed by atoms with van der Waals surface area (Å²) in [4.78, 5) is 27.1. The lowest BCUT2D eigenvalue weighted by Gasteiger charge is -2.31. The van der Waals surface area contributed by atoms with Crippen LogP contribution in [0.1, 0.15) is 27.4 Å². The van der Waals surface area contributed by atoms with Crippen LogP contribution in [0.3, 0.4) is 0 Å². The van der Waals surface area contributed by atoms with Gasteiger partial charge in [-0.15, -0.1) is 0 Å². The molecule has 1 aliphatic heterocycles. The van der Waals surface area contributed by atoms with E-state index in [0.29, 0.717) is 16.9 Å². The summed E-state index contributed by atoms with van der Waals surface area (Å²) >= 11 is 1.67. The van der Waals surface area contributed by atoms with Gasteiger partial charge in [-0.3, -0.25) is 4.79 Å². The van der Waals surface area contributed by atoms with E-state index in [1.54, 1.807) is 15.9 Å². The number of rotatable bonds is 3. The molecule has 1 amide bonds. The number of thiazole rings is 1. The number of likely N-dealkylation sites (N-methyl/N-ethyl adjacent to an activating group) is 1. The molecule has 0 aliphatic carbocycles. The highest BCUT2D eigenvalue weighted by Gasteiger charge is 2.21. The third-order valence-electron chi connectivity index (χ3n) is 5.71. The molecular weight excluding hydrogens is 410 g/mol. The van der Waals surface area contributed by atoms with Gasteiger partial charge in [0.1, 0.15) is 5.56 Å². The first kappa shape index (κ1) is 19.9. The second-order valence-corrected chi connectivity index (χ2v) is 9.17. The molecule has 3 aromatic heterocycles. The third kappa shape index (κ3) is 3.64. The zero-order valence-electron chi connectivity index (χ0n) is 18.1. The van der Waals surface area contributed by atoms with E-state index in [2.05, 4.69) is 32.2 Å². The van der Waals surface area contributed by atoms with E-state index >= 15 is 0 Å². The van der Waals surface area contributed by atoms with Crippen molar-refractivity contribution < 1.29 is 4.79 Å². The summed E-state index contributed by atoms with van der Waals surface area (Å²) < 4.78 is 2.79. The highest BCUT2D eigenvalue weighted by atomic mass is 32.1. The van der Waals surface area contributed by atoms with Gasteiger partial charge in [0.15, 0.2) is 10.8 Å². The van der Waals surface area contributed by atoms with Gasteiger partial charge in [-0.25, -0.2) is 14.5 Å². The number of aryl methyl sites for hydroxylation is 3. The standard InChI is InChI=1S/C22H25N7OS/c1-13-11-14(2)29-20(23-13)19(15(3)26-29)21(30)24-16-5-6-17-18(12-16)31-22(25-17)28-9-7-27(4)8-10-28/h5-6,11-12H,7-10H2,1-4H3,(H,24,30). The first-order valence-corrected chi connectivity index (χ1v) is 11.2. The van der Waals surface area contributed by atoms with Crippen LogP contribution >= 0.6 is 11.3 Å². The van der Waals surface area contributed by atoms with E-state index in [1.165, 1.54) is 0 Å². The lowest BCUT2D eigenvalue weighted by Crippen LogP contribution is -2.44. The molecular formula is C22H25N7OS. The molecule has 5 rings (SSSR count). The number of carbonyl (C=O) groups excluding carboxylic acids is 1. The lowest BCUT2D eigenvalue weighted by molar-refractivity contribution is 0.102. The van der Waals surface area contributed by atoms with Crippen molar-refractivity contribution in [3.05, 3.63) is 46.9 Å². The second-order valence-electron chi connectivity index (χ2n) is 8.16. The van der Waals surface area contributed by atoms with Gasteiger partial charge in [0.05, 0.1) is 15.9 Å². The normalized spacial score (nSPS) is 15.2. The monoisotopic (exact) mass is 435 g/mol. The van der Waals surface area contributed by atoms with E-state index in [0.717, 1.165) is 58.6 Å². The predicted molar refractivity (Wildman–Crippen MR) is 124 cm³/mol. The molecule has 160 valence electrons. The molecule has 0 bridgehead atoms. The smallest absolute Gasteiger partial charge is 0.261 e. The summed E-state index contributed by atoms with van der Waals surface area (Å²) in [5.41, 5.74) is 5.27. The van der Waals surface area contributed by atoms with Crippen LogP contribution in [0.4, 0.5) is 10.8 Å². The van der Waals surface area contributed by atoms with Crippen LogP contribution in [-0.4, -0.2) is 63.6 Å². The molecule has 31 heavy (non-hydrogen) atoms. The van der Waals surface area contributed by atoms with Crippen LogP contribution in [0.2, 0.25) is 0 Å². The lowest BCUT2D eigenvalue weighted by atomic mass is 10.2. The molecule has 1 saturated heterocycles. The molecule has 0 saturated carbocycles. The minimum absolute atomic E-state index is 0.201. The maximum Gasteiger partial charge on any atom is 0.261 e. The van der Waals surface area contributed by atoms with E-state index in [-0.39, 0.29) is 5.91 Å². The zero-order chi connectivity index (χ0) is 21.7. The number of hydrogen-bond donors (Lipinski definition) is 1. The highest BCUT2D eigenvalue weighted by molar-refractivity contribution is 7.22. The van der Waals surface area contributed by atoms with Crippen molar-refractivity contribution >= 4 is 43.9 Å². The summed E-state index contributed by atoms with van der Waals surface area (Å²) in [7, 11) is 2.15. The average molecular weight is 436 g/mol. The molecule has 0 radical (unpaired) electrons. The largest absolute Gasteiger partial charge is 0.345 e. The summed E-state index contributed by atoms with van der Waals surface area (Å²) in [6, 6.07) is 7.82. The van der Waals surface area contributed by atoms with Crippen molar-refractivity contribution in [2.24, 2.45) is 0 Å². The Hall–Kier alpha value is -3.04. The maximum atomic E-state index is 13.1. The number of amides is 1. The van der Waals surface area contributed by atoms with E-state index in [9.17, 15) is 4.79 Å². The topological polar surface area (TPSA) is 78.7 Å². The van der Waals surface area contributed by atoms with E-state index < -0.39 is 0 Å². The molecule has 0 unspecified atom stereocenters. The molecule has 4 aromatic rings. The van der Waals surface area contributed by atoms with Gasteiger partial charge >= 0.3 is 0 Å². The molecule has 1 aromatic carbocycles. The van der Waals surface area contributed by atoms with Crippen LogP contribution < -0.4 is 10.2 Å². The number of piperazine rings is 1.